The second-order valence-electron chi connectivity index (χ2n) is 2.69. The van der Waals surface area contributed by atoms with Crippen LogP contribution in [0, 0.1) is 21.4 Å². The molecule has 0 saturated carbocycles. The van der Waals surface area contributed by atoms with Gasteiger partial charge in [-0.05, 0) is 12.0 Å². The summed E-state index contributed by atoms with van der Waals surface area (Å²) in [6.07, 6.45) is 1.02. The Labute approximate surface area is 89.4 Å². The summed E-state index contributed by atoms with van der Waals surface area (Å²) in [6.45, 7) is 0. The molecule has 0 fully saturated rings. The van der Waals surface area contributed by atoms with Gasteiger partial charge in [-0.1, -0.05) is 22.0 Å². The molecule has 72 valence electrons. The SMILES string of the molecule is N#CCCc1ccc([N+](=O)[O-])cc1Br. The van der Waals surface area contributed by atoms with Crippen LogP contribution in [0.1, 0.15) is 12.0 Å². The quantitative estimate of drug-likeness (QED) is 0.616. The predicted octanol–water partition coefficient (Wildman–Crippen LogP) is 2.81. The Morgan fingerprint density at radius 1 is 1.57 bits per heavy atom. The van der Waals surface area contributed by atoms with Crippen LogP contribution in [0.5, 0.6) is 0 Å². The third-order valence-corrected chi connectivity index (χ3v) is 2.49. The molecule has 0 aliphatic heterocycles. The topological polar surface area (TPSA) is 66.9 Å². The summed E-state index contributed by atoms with van der Waals surface area (Å²) in [6, 6.07) is 6.59. The second kappa shape index (κ2) is 4.72. The molecule has 0 amide bonds. The van der Waals surface area contributed by atoms with E-state index in [1.54, 1.807) is 6.07 Å². The minimum absolute atomic E-state index is 0.0533. The van der Waals surface area contributed by atoms with E-state index in [4.69, 9.17) is 5.26 Å². The van der Waals surface area contributed by atoms with Gasteiger partial charge < -0.3 is 0 Å². The normalized spacial score (nSPS) is 9.43. The van der Waals surface area contributed by atoms with Gasteiger partial charge in [0.05, 0.1) is 11.0 Å². The van der Waals surface area contributed by atoms with Crippen LogP contribution in [0.15, 0.2) is 22.7 Å². The van der Waals surface area contributed by atoms with Crippen molar-refractivity contribution >= 4 is 21.6 Å². The summed E-state index contributed by atoms with van der Waals surface area (Å²) in [7, 11) is 0. The Morgan fingerprint density at radius 2 is 2.29 bits per heavy atom. The zero-order valence-electron chi connectivity index (χ0n) is 7.24. The Morgan fingerprint density at radius 3 is 2.79 bits per heavy atom. The molecule has 0 spiro atoms. The van der Waals surface area contributed by atoms with Crippen molar-refractivity contribution in [1.29, 1.82) is 5.26 Å². The van der Waals surface area contributed by atoms with Crippen LogP contribution in [0.2, 0.25) is 0 Å². The number of nitro benzene ring substituents is 1. The van der Waals surface area contributed by atoms with Gasteiger partial charge in [-0.3, -0.25) is 10.1 Å². The zero-order valence-corrected chi connectivity index (χ0v) is 8.82. The molecule has 0 heterocycles. The lowest BCUT2D eigenvalue weighted by Gasteiger charge is -2.00. The lowest BCUT2D eigenvalue weighted by Crippen LogP contribution is -1.91. The smallest absolute Gasteiger partial charge is 0.258 e. The molecule has 0 bridgehead atoms. The zero-order chi connectivity index (χ0) is 10.6. The van der Waals surface area contributed by atoms with E-state index in [9.17, 15) is 10.1 Å². The van der Waals surface area contributed by atoms with Crippen LogP contribution >= 0.6 is 15.9 Å². The molecule has 0 atom stereocenters. The highest BCUT2D eigenvalue weighted by Crippen LogP contribution is 2.23. The number of rotatable bonds is 3. The van der Waals surface area contributed by atoms with Crippen LogP contribution in [0.4, 0.5) is 5.69 Å². The van der Waals surface area contributed by atoms with E-state index in [-0.39, 0.29) is 5.69 Å². The van der Waals surface area contributed by atoms with Gasteiger partial charge in [0.15, 0.2) is 0 Å². The molecular formula is C9H7BrN2O2. The molecule has 0 aromatic heterocycles. The highest BCUT2D eigenvalue weighted by atomic mass is 79.9. The number of nitro groups is 1. The summed E-state index contributed by atoms with van der Waals surface area (Å²) >= 11 is 3.23. The number of nitrogens with zero attached hydrogens (tertiary/aromatic N) is 2. The lowest BCUT2D eigenvalue weighted by molar-refractivity contribution is -0.384. The van der Waals surface area contributed by atoms with E-state index in [0.717, 1.165) is 5.56 Å². The Balaban J connectivity index is 2.91. The van der Waals surface area contributed by atoms with Gasteiger partial charge >= 0.3 is 0 Å². The minimum Gasteiger partial charge on any atom is -0.258 e. The molecule has 0 unspecified atom stereocenters. The first-order valence-electron chi connectivity index (χ1n) is 3.95. The van der Waals surface area contributed by atoms with Crippen molar-refractivity contribution < 1.29 is 4.92 Å². The van der Waals surface area contributed by atoms with Crippen molar-refractivity contribution in [1.82, 2.24) is 0 Å². The van der Waals surface area contributed by atoms with E-state index in [1.807, 2.05) is 6.07 Å². The van der Waals surface area contributed by atoms with E-state index in [2.05, 4.69) is 15.9 Å². The molecule has 0 N–H and O–H groups in total. The first-order chi connectivity index (χ1) is 6.65. The van der Waals surface area contributed by atoms with Gasteiger partial charge in [0.1, 0.15) is 0 Å². The van der Waals surface area contributed by atoms with Crippen LogP contribution in [0.25, 0.3) is 0 Å². The average molecular weight is 255 g/mol. The highest BCUT2D eigenvalue weighted by Gasteiger charge is 2.08. The van der Waals surface area contributed by atoms with E-state index in [0.29, 0.717) is 17.3 Å². The van der Waals surface area contributed by atoms with Crippen molar-refractivity contribution in [3.63, 3.8) is 0 Å². The largest absolute Gasteiger partial charge is 0.270 e. The number of benzene rings is 1. The van der Waals surface area contributed by atoms with Gasteiger partial charge in [-0.25, -0.2) is 0 Å². The maximum atomic E-state index is 10.4. The monoisotopic (exact) mass is 254 g/mol. The van der Waals surface area contributed by atoms with Crippen molar-refractivity contribution in [2.24, 2.45) is 0 Å². The summed E-state index contributed by atoms with van der Waals surface area (Å²) in [5.74, 6) is 0. The summed E-state index contributed by atoms with van der Waals surface area (Å²) in [4.78, 5) is 9.97. The second-order valence-corrected chi connectivity index (χ2v) is 3.55. The number of halogens is 1. The first-order valence-corrected chi connectivity index (χ1v) is 4.74. The van der Waals surface area contributed by atoms with Crippen LogP contribution in [-0.4, -0.2) is 4.92 Å². The van der Waals surface area contributed by atoms with E-state index in [1.165, 1.54) is 12.1 Å². The van der Waals surface area contributed by atoms with E-state index >= 15 is 0 Å². The molecular weight excluding hydrogens is 248 g/mol. The van der Waals surface area contributed by atoms with E-state index < -0.39 is 4.92 Å². The lowest BCUT2D eigenvalue weighted by atomic mass is 10.1. The fourth-order valence-electron chi connectivity index (χ4n) is 1.04. The highest BCUT2D eigenvalue weighted by molar-refractivity contribution is 9.10. The van der Waals surface area contributed by atoms with Gasteiger partial charge in [-0.15, -0.1) is 0 Å². The summed E-state index contributed by atoms with van der Waals surface area (Å²) in [5.41, 5.74) is 0.967. The fourth-order valence-corrected chi connectivity index (χ4v) is 1.61. The molecule has 0 saturated heterocycles. The van der Waals surface area contributed by atoms with Gasteiger partial charge in [0.2, 0.25) is 0 Å². The maximum absolute atomic E-state index is 10.4. The van der Waals surface area contributed by atoms with Gasteiger partial charge in [0, 0.05) is 23.0 Å². The van der Waals surface area contributed by atoms with Gasteiger partial charge in [0.25, 0.3) is 5.69 Å². The standard InChI is InChI=1S/C9H7BrN2O2/c10-9-6-8(12(13)14)4-3-7(9)2-1-5-11/h3-4,6H,1-2H2. The molecule has 0 aliphatic carbocycles. The molecule has 14 heavy (non-hydrogen) atoms. The van der Waals surface area contributed by atoms with Crippen molar-refractivity contribution in [2.75, 3.05) is 0 Å². The molecule has 4 nitrogen and oxygen atoms in total. The van der Waals surface area contributed by atoms with Crippen molar-refractivity contribution in [3.05, 3.63) is 38.3 Å². The van der Waals surface area contributed by atoms with Crippen molar-refractivity contribution in [3.8, 4) is 6.07 Å². The minimum atomic E-state index is -0.446. The van der Waals surface area contributed by atoms with Crippen LogP contribution in [0.3, 0.4) is 0 Å². The number of aryl methyl sites for hydroxylation is 1. The molecule has 1 aromatic rings. The summed E-state index contributed by atoms with van der Waals surface area (Å²) < 4.78 is 0.682. The number of nitriles is 1. The Kier molecular flexibility index (Phi) is 3.60. The van der Waals surface area contributed by atoms with Crippen molar-refractivity contribution in [2.45, 2.75) is 12.8 Å². The predicted molar refractivity (Wildman–Crippen MR) is 54.7 cm³/mol. The number of hydrogen-bond acceptors (Lipinski definition) is 3. The fraction of sp³-hybridized carbons (Fsp3) is 0.222. The third kappa shape index (κ3) is 2.54. The molecule has 1 rings (SSSR count). The molecule has 1 aromatic carbocycles. The average Bonchev–Trinajstić information content (AvgIpc) is 2.15. The number of hydrogen-bond donors (Lipinski definition) is 0. The third-order valence-electron chi connectivity index (χ3n) is 1.75. The Hall–Kier alpha value is -1.41. The number of non-ortho nitro benzene ring substituents is 1. The molecule has 0 aliphatic rings. The Bertz CT molecular complexity index is 398. The molecule has 5 heteroatoms. The first kappa shape index (κ1) is 10.7. The van der Waals surface area contributed by atoms with Crippen LogP contribution in [-0.2, 0) is 6.42 Å². The maximum Gasteiger partial charge on any atom is 0.270 e. The molecule has 0 radical (unpaired) electrons. The van der Waals surface area contributed by atoms with Crippen LogP contribution < -0.4 is 0 Å². The summed E-state index contributed by atoms with van der Waals surface area (Å²) in [5, 5.41) is 18.8. The van der Waals surface area contributed by atoms with Gasteiger partial charge in [-0.2, -0.15) is 5.26 Å².